The van der Waals surface area contributed by atoms with Gasteiger partial charge in [0.25, 0.3) is 0 Å². The molecule has 88 valence electrons. The van der Waals surface area contributed by atoms with Crippen molar-refractivity contribution in [3.8, 4) is 0 Å². The van der Waals surface area contributed by atoms with Crippen LogP contribution in [0.25, 0.3) is 10.9 Å². The highest BCUT2D eigenvalue weighted by molar-refractivity contribution is 5.92. The highest BCUT2D eigenvalue weighted by Crippen LogP contribution is 2.32. The van der Waals surface area contributed by atoms with Crippen LogP contribution in [0.15, 0.2) is 18.2 Å². The van der Waals surface area contributed by atoms with Crippen molar-refractivity contribution in [2.75, 3.05) is 0 Å². The van der Waals surface area contributed by atoms with Gasteiger partial charge in [-0.1, -0.05) is 18.2 Å². The smallest absolute Gasteiger partial charge is 0.134 e. The molecule has 2 heterocycles. The summed E-state index contributed by atoms with van der Waals surface area (Å²) in [6, 6.07) is 6.50. The molecule has 0 radical (unpaired) electrons. The van der Waals surface area contributed by atoms with E-state index in [1.807, 2.05) is 0 Å². The van der Waals surface area contributed by atoms with Gasteiger partial charge >= 0.3 is 0 Å². The zero-order valence-corrected chi connectivity index (χ0v) is 10.4. The van der Waals surface area contributed by atoms with E-state index in [0.717, 1.165) is 6.54 Å². The first-order chi connectivity index (χ1) is 8.18. The number of rotatable bonds is 2. The number of carbonyl (C=O) groups excluding carboxylic acids is 1. The Morgan fingerprint density at radius 3 is 3.00 bits per heavy atom. The standard InChI is InChI=1S/C15H17NO/c1-10(17)9-14-11(2)16-8-4-6-12-5-3-7-13(14)15(12)16/h3,5,7H,4,6,8-9H2,1-2H3. The van der Waals surface area contributed by atoms with E-state index in [-0.39, 0.29) is 5.78 Å². The van der Waals surface area contributed by atoms with E-state index >= 15 is 0 Å². The zero-order valence-electron chi connectivity index (χ0n) is 10.4. The Labute approximate surface area is 101 Å². The summed E-state index contributed by atoms with van der Waals surface area (Å²) in [7, 11) is 0. The van der Waals surface area contributed by atoms with Crippen LogP contribution in [-0.2, 0) is 24.2 Å². The molecule has 0 fully saturated rings. The van der Waals surface area contributed by atoms with Crippen molar-refractivity contribution in [1.29, 1.82) is 0 Å². The van der Waals surface area contributed by atoms with Gasteiger partial charge in [-0.3, -0.25) is 4.79 Å². The number of nitrogens with zero attached hydrogens (tertiary/aromatic N) is 1. The first-order valence-electron chi connectivity index (χ1n) is 6.27. The van der Waals surface area contributed by atoms with E-state index in [1.54, 1.807) is 6.92 Å². The number of hydrogen-bond acceptors (Lipinski definition) is 1. The van der Waals surface area contributed by atoms with Crippen molar-refractivity contribution in [3.05, 3.63) is 35.0 Å². The van der Waals surface area contributed by atoms with Gasteiger partial charge in [0.15, 0.2) is 0 Å². The van der Waals surface area contributed by atoms with Gasteiger partial charge < -0.3 is 4.57 Å². The normalized spacial score (nSPS) is 14.2. The van der Waals surface area contributed by atoms with Gasteiger partial charge in [0.05, 0.1) is 5.52 Å². The van der Waals surface area contributed by atoms with E-state index in [4.69, 9.17) is 0 Å². The lowest BCUT2D eigenvalue weighted by molar-refractivity contribution is -0.116. The van der Waals surface area contributed by atoms with Gasteiger partial charge in [-0.2, -0.15) is 0 Å². The van der Waals surface area contributed by atoms with Crippen molar-refractivity contribution in [3.63, 3.8) is 0 Å². The monoisotopic (exact) mass is 227 g/mol. The summed E-state index contributed by atoms with van der Waals surface area (Å²) in [6.07, 6.45) is 2.94. The summed E-state index contributed by atoms with van der Waals surface area (Å²) >= 11 is 0. The molecule has 3 rings (SSSR count). The van der Waals surface area contributed by atoms with Gasteiger partial charge in [-0.05, 0) is 37.8 Å². The number of aryl methyl sites for hydroxylation is 2. The molecule has 2 nitrogen and oxygen atoms in total. The number of para-hydroxylation sites is 1. The molecule has 0 atom stereocenters. The number of ketones is 1. The highest BCUT2D eigenvalue weighted by Gasteiger charge is 2.19. The number of benzene rings is 1. The second-order valence-electron chi connectivity index (χ2n) is 5.01. The van der Waals surface area contributed by atoms with Gasteiger partial charge in [0.2, 0.25) is 0 Å². The minimum Gasteiger partial charge on any atom is -0.344 e. The molecule has 1 aromatic heterocycles. The summed E-state index contributed by atoms with van der Waals surface area (Å²) in [5.74, 6) is 0.247. The minimum atomic E-state index is 0.247. The van der Waals surface area contributed by atoms with Crippen LogP contribution < -0.4 is 0 Å². The molecule has 0 aliphatic carbocycles. The third-order valence-corrected chi connectivity index (χ3v) is 3.81. The molecule has 17 heavy (non-hydrogen) atoms. The molecular weight excluding hydrogens is 210 g/mol. The average molecular weight is 227 g/mol. The molecule has 0 amide bonds. The van der Waals surface area contributed by atoms with E-state index in [0.29, 0.717) is 6.42 Å². The lowest BCUT2D eigenvalue weighted by atomic mass is 10.0. The number of hydrogen-bond donors (Lipinski definition) is 0. The van der Waals surface area contributed by atoms with Gasteiger partial charge in [0.1, 0.15) is 5.78 Å². The predicted molar refractivity (Wildman–Crippen MR) is 69.4 cm³/mol. The van der Waals surface area contributed by atoms with Crippen LogP contribution in [0.1, 0.15) is 30.2 Å². The van der Waals surface area contributed by atoms with Crippen LogP contribution >= 0.6 is 0 Å². The minimum absolute atomic E-state index is 0.247. The summed E-state index contributed by atoms with van der Waals surface area (Å²) in [5, 5.41) is 1.29. The number of carbonyl (C=O) groups is 1. The molecule has 1 aliphatic rings. The third-order valence-electron chi connectivity index (χ3n) is 3.81. The Hall–Kier alpha value is -1.57. The van der Waals surface area contributed by atoms with Crippen LogP contribution in [0, 0.1) is 6.92 Å². The van der Waals surface area contributed by atoms with Gasteiger partial charge in [-0.15, -0.1) is 0 Å². The summed E-state index contributed by atoms with van der Waals surface area (Å²) < 4.78 is 2.40. The fourth-order valence-corrected chi connectivity index (χ4v) is 3.06. The molecule has 2 aromatic rings. The topological polar surface area (TPSA) is 22.0 Å². The van der Waals surface area contributed by atoms with E-state index in [9.17, 15) is 4.79 Å². The summed E-state index contributed by atoms with van der Waals surface area (Å²) in [4.78, 5) is 11.4. The van der Waals surface area contributed by atoms with Crippen LogP contribution in [0.5, 0.6) is 0 Å². The fraction of sp³-hybridized carbons (Fsp3) is 0.400. The Balaban J connectivity index is 2.33. The van der Waals surface area contributed by atoms with E-state index in [2.05, 4.69) is 29.7 Å². The predicted octanol–water partition coefficient (Wildman–Crippen LogP) is 3.03. The lowest BCUT2D eigenvalue weighted by Gasteiger charge is -2.16. The first kappa shape index (κ1) is 10.6. The van der Waals surface area contributed by atoms with E-state index < -0.39 is 0 Å². The molecule has 0 N–H and O–H groups in total. The largest absolute Gasteiger partial charge is 0.344 e. The Morgan fingerprint density at radius 1 is 1.41 bits per heavy atom. The van der Waals surface area contributed by atoms with Crippen LogP contribution in [0.4, 0.5) is 0 Å². The van der Waals surface area contributed by atoms with Crippen LogP contribution in [0.2, 0.25) is 0 Å². The molecule has 0 saturated heterocycles. The Kier molecular flexibility index (Phi) is 2.32. The summed E-state index contributed by atoms with van der Waals surface area (Å²) in [6.45, 7) is 4.91. The Bertz CT molecular complexity index is 607. The van der Waals surface area contributed by atoms with Crippen molar-refractivity contribution in [2.24, 2.45) is 0 Å². The number of aromatic nitrogens is 1. The van der Waals surface area contributed by atoms with Crippen molar-refractivity contribution in [1.82, 2.24) is 4.57 Å². The highest BCUT2D eigenvalue weighted by atomic mass is 16.1. The molecule has 0 saturated carbocycles. The molecule has 0 bridgehead atoms. The quantitative estimate of drug-likeness (QED) is 0.773. The zero-order chi connectivity index (χ0) is 12.0. The van der Waals surface area contributed by atoms with E-state index in [1.165, 1.54) is 40.6 Å². The first-order valence-corrected chi connectivity index (χ1v) is 6.27. The molecule has 2 heteroatoms. The van der Waals surface area contributed by atoms with Crippen LogP contribution in [0.3, 0.4) is 0 Å². The van der Waals surface area contributed by atoms with Gasteiger partial charge in [-0.25, -0.2) is 0 Å². The van der Waals surface area contributed by atoms with Crippen LogP contribution in [-0.4, -0.2) is 10.4 Å². The molecular formula is C15H17NO. The average Bonchev–Trinajstić information content (AvgIpc) is 2.57. The molecule has 0 unspecified atom stereocenters. The van der Waals surface area contributed by atoms with Crippen molar-refractivity contribution >= 4 is 16.7 Å². The second kappa shape index (κ2) is 3.73. The number of Topliss-reactive ketones (excluding diaryl/α,β-unsaturated/α-hetero) is 1. The SMILES string of the molecule is CC(=O)Cc1c(C)n2c3c(cccc13)CCC2. The maximum Gasteiger partial charge on any atom is 0.134 e. The molecule has 1 aromatic carbocycles. The maximum absolute atomic E-state index is 11.4. The lowest BCUT2D eigenvalue weighted by Crippen LogP contribution is -2.08. The molecule has 1 aliphatic heterocycles. The summed E-state index contributed by atoms with van der Waals surface area (Å²) in [5.41, 5.74) is 5.32. The Morgan fingerprint density at radius 2 is 2.24 bits per heavy atom. The molecule has 0 spiro atoms. The van der Waals surface area contributed by atoms with Crippen molar-refractivity contribution in [2.45, 2.75) is 39.7 Å². The second-order valence-corrected chi connectivity index (χ2v) is 5.01. The maximum atomic E-state index is 11.4. The third kappa shape index (κ3) is 1.51. The fourth-order valence-electron chi connectivity index (χ4n) is 3.06. The van der Waals surface area contributed by atoms with Crippen molar-refractivity contribution < 1.29 is 4.79 Å². The van der Waals surface area contributed by atoms with Gasteiger partial charge in [0, 0.05) is 24.0 Å².